The lowest BCUT2D eigenvalue weighted by atomic mass is 10.2. The molecular weight excluding hydrogens is 276 g/mol. The molecule has 0 bridgehead atoms. The molecule has 2 aromatic rings. The second-order valence-corrected chi connectivity index (χ2v) is 4.97. The number of amides is 2. The van der Waals surface area contributed by atoms with Crippen LogP contribution in [0.1, 0.15) is 18.1 Å². The number of ether oxygens (including phenoxy) is 1. The first-order valence-corrected chi connectivity index (χ1v) is 7.43. The summed E-state index contributed by atoms with van der Waals surface area (Å²) in [6, 6.07) is 17.6. The largest absolute Gasteiger partial charge is 0.496 e. The summed E-state index contributed by atoms with van der Waals surface area (Å²) >= 11 is 0. The molecule has 0 aliphatic rings. The molecule has 0 saturated carbocycles. The highest BCUT2D eigenvalue weighted by Crippen LogP contribution is 2.16. The zero-order valence-corrected chi connectivity index (χ0v) is 13.1. The predicted octanol–water partition coefficient (Wildman–Crippen LogP) is 3.43. The van der Waals surface area contributed by atoms with Crippen molar-refractivity contribution in [3.63, 3.8) is 0 Å². The van der Waals surface area contributed by atoms with E-state index in [1.165, 1.54) is 0 Å². The third-order valence-electron chi connectivity index (χ3n) is 3.51. The van der Waals surface area contributed by atoms with Crippen molar-refractivity contribution in [1.29, 1.82) is 0 Å². The number of urea groups is 1. The number of carbonyl (C=O) groups excluding carboxylic acids is 1. The third kappa shape index (κ3) is 4.25. The maximum atomic E-state index is 12.3. The average molecular weight is 298 g/mol. The number of nitrogens with zero attached hydrogens (tertiary/aromatic N) is 1. The first-order chi connectivity index (χ1) is 10.7. The van der Waals surface area contributed by atoms with Crippen molar-refractivity contribution in [2.45, 2.75) is 20.0 Å². The summed E-state index contributed by atoms with van der Waals surface area (Å²) < 4.78 is 5.30. The zero-order chi connectivity index (χ0) is 15.8. The van der Waals surface area contributed by atoms with Gasteiger partial charge in [0, 0.05) is 25.2 Å². The Morgan fingerprint density at radius 3 is 2.45 bits per heavy atom. The molecule has 0 heterocycles. The van der Waals surface area contributed by atoms with Crippen LogP contribution in [0.25, 0.3) is 0 Å². The minimum Gasteiger partial charge on any atom is -0.496 e. The minimum atomic E-state index is -0.0720. The van der Waals surface area contributed by atoms with E-state index in [-0.39, 0.29) is 6.03 Å². The maximum Gasteiger partial charge on any atom is 0.317 e. The van der Waals surface area contributed by atoms with E-state index < -0.39 is 0 Å². The molecule has 2 rings (SSSR count). The molecule has 4 nitrogen and oxygen atoms in total. The molecule has 0 fully saturated rings. The summed E-state index contributed by atoms with van der Waals surface area (Å²) in [5.41, 5.74) is 2.09. The molecule has 0 radical (unpaired) electrons. The molecule has 116 valence electrons. The van der Waals surface area contributed by atoms with Gasteiger partial charge in [-0.15, -0.1) is 0 Å². The number of para-hydroxylation sites is 1. The first kappa shape index (κ1) is 15.9. The van der Waals surface area contributed by atoms with Gasteiger partial charge in [0.25, 0.3) is 0 Å². The van der Waals surface area contributed by atoms with Gasteiger partial charge in [0.05, 0.1) is 7.11 Å². The van der Waals surface area contributed by atoms with Crippen molar-refractivity contribution in [3.8, 4) is 5.75 Å². The molecule has 0 saturated heterocycles. The fraction of sp³-hybridized carbons (Fsp3) is 0.278. The van der Waals surface area contributed by atoms with E-state index in [2.05, 4.69) is 5.32 Å². The number of nitrogens with one attached hydrogen (secondary N) is 1. The van der Waals surface area contributed by atoms with Crippen LogP contribution in [0.2, 0.25) is 0 Å². The van der Waals surface area contributed by atoms with E-state index in [9.17, 15) is 4.79 Å². The molecule has 2 amide bonds. The van der Waals surface area contributed by atoms with Crippen LogP contribution in [0, 0.1) is 0 Å². The Balaban J connectivity index is 1.95. The Kier molecular flexibility index (Phi) is 5.83. The van der Waals surface area contributed by atoms with Crippen LogP contribution in [-0.4, -0.2) is 24.6 Å². The summed E-state index contributed by atoms with van der Waals surface area (Å²) in [5, 5.41) is 2.95. The van der Waals surface area contributed by atoms with Crippen LogP contribution in [0.15, 0.2) is 54.6 Å². The van der Waals surface area contributed by atoms with E-state index >= 15 is 0 Å². The monoisotopic (exact) mass is 298 g/mol. The fourth-order valence-electron chi connectivity index (χ4n) is 2.26. The highest BCUT2D eigenvalue weighted by atomic mass is 16.5. The molecule has 4 heteroatoms. The molecule has 2 aromatic carbocycles. The van der Waals surface area contributed by atoms with Crippen molar-refractivity contribution in [1.82, 2.24) is 10.2 Å². The average Bonchev–Trinajstić information content (AvgIpc) is 2.58. The Morgan fingerprint density at radius 2 is 1.77 bits per heavy atom. The Morgan fingerprint density at radius 1 is 1.09 bits per heavy atom. The molecule has 0 unspecified atom stereocenters. The molecule has 1 N–H and O–H groups in total. The lowest BCUT2D eigenvalue weighted by Gasteiger charge is -2.22. The highest BCUT2D eigenvalue weighted by Gasteiger charge is 2.12. The predicted molar refractivity (Wildman–Crippen MR) is 87.8 cm³/mol. The summed E-state index contributed by atoms with van der Waals surface area (Å²) in [5.74, 6) is 0.786. The standard InChI is InChI=1S/C18H22N2O2/c1-3-20(14-15-9-5-4-6-10-15)18(21)19-13-16-11-7-8-12-17(16)22-2/h4-12H,3,13-14H2,1-2H3,(H,19,21). The van der Waals surface area contributed by atoms with E-state index in [0.717, 1.165) is 16.9 Å². The van der Waals surface area contributed by atoms with Crippen LogP contribution in [0.3, 0.4) is 0 Å². The van der Waals surface area contributed by atoms with Gasteiger partial charge in [-0.1, -0.05) is 48.5 Å². The molecule has 0 spiro atoms. The number of carbonyl (C=O) groups is 1. The van der Waals surface area contributed by atoms with E-state index in [0.29, 0.717) is 19.6 Å². The van der Waals surface area contributed by atoms with Crippen LogP contribution in [-0.2, 0) is 13.1 Å². The number of benzene rings is 2. The van der Waals surface area contributed by atoms with Gasteiger partial charge in [-0.05, 0) is 18.6 Å². The molecule has 0 aliphatic heterocycles. The summed E-state index contributed by atoms with van der Waals surface area (Å²) in [7, 11) is 1.63. The van der Waals surface area contributed by atoms with Gasteiger partial charge in [-0.25, -0.2) is 4.79 Å². The lowest BCUT2D eigenvalue weighted by Crippen LogP contribution is -2.39. The van der Waals surface area contributed by atoms with Gasteiger partial charge in [0.15, 0.2) is 0 Å². The van der Waals surface area contributed by atoms with Crippen molar-refractivity contribution >= 4 is 6.03 Å². The Bertz CT molecular complexity index is 599. The maximum absolute atomic E-state index is 12.3. The normalized spacial score (nSPS) is 10.1. The second-order valence-electron chi connectivity index (χ2n) is 4.97. The van der Waals surface area contributed by atoms with Gasteiger partial charge < -0.3 is 15.0 Å². The third-order valence-corrected chi connectivity index (χ3v) is 3.51. The fourth-order valence-corrected chi connectivity index (χ4v) is 2.26. The van der Waals surface area contributed by atoms with Crippen molar-refractivity contribution in [2.75, 3.05) is 13.7 Å². The van der Waals surface area contributed by atoms with Gasteiger partial charge in [0.1, 0.15) is 5.75 Å². The number of hydrogen-bond acceptors (Lipinski definition) is 2. The van der Waals surface area contributed by atoms with E-state index in [1.807, 2.05) is 61.5 Å². The topological polar surface area (TPSA) is 41.6 Å². The SMILES string of the molecule is CCN(Cc1ccccc1)C(=O)NCc1ccccc1OC. The molecule has 22 heavy (non-hydrogen) atoms. The number of hydrogen-bond donors (Lipinski definition) is 1. The quantitative estimate of drug-likeness (QED) is 0.887. The van der Waals surface area contributed by atoms with Crippen LogP contribution < -0.4 is 10.1 Å². The van der Waals surface area contributed by atoms with E-state index in [1.54, 1.807) is 12.0 Å². The number of rotatable bonds is 6. The van der Waals surface area contributed by atoms with Crippen LogP contribution in [0.5, 0.6) is 5.75 Å². The first-order valence-electron chi connectivity index (χ1n) is 7.43. The summed E-state index contributed by atoms with van der Waals surface area (Å²) in [6.07, 6.45) is 0. The van der Waals surface area contributed by atoms with E-state index in [4.69, 9.17) is 4.74 Å². The van der Waals surface area contributed by atoms with Crippen molar-refractivity contribution in [3.05, 3.63) is 65.7 Å². The molecule has 0 aliphatic carbocycles. The Labute approximate surface area is 131 Å². The van der Waals surface area contributed by atoms with Gasteiger partial charge in [-0.2, -0.15) is 0 Å². The summed E-state index contributed by atoms with van der Waals surface area (Å²) in [6.45, 7) is 3.70. The van der Waals surface area contributed by atoms with Crippen LogP contribution >= 0.6 is 0 Å². The lowest BCUT2D eigenvalue weighted by molar-refractivity contribution is 0.197. The zero-order valence-electron chi connectivity index (χ0n) is 13.1. The van der Waals surface area contributed by atoms with Crippen molar-refractivity contribution in [2.24, 2.45) is 0 Å². The second kappa shape index (κ2) is 8.08. The smallest absolute Gasteiger partial charge is 0.317 e. The molecule has 0 aromatic heterocycles. The Hall–Kier alpha value is -2.49. The number of methoxy groups -OCH3 is 1. The van der Waals surface area contributed by atoms with Gasteiger partial charge >= 0.3 is 6.03 Å². The molecular formula is C18H22N2O2. The van der Waals surface area contributed by atoms with Crippen molar-refractivity contribution < 1.29 is 9.53 Å². The highest BCUT2D eigenvalue weighted by molar-refractivity contribution is 5.74. The van der Waals surface area contributed by atoms with Gasteiger partial charge in [0.2, 0.25) is 0 Å². The van der Waals surface area contributed by atoms with Crippen LogP contribution in [0.4, 0.5) is 4.79 Å². The van der Waals surface area contributed by atoms with Gasteiger partial charge in [-0.3, -0.25) is 0 Å². The minimum absolute atomic E-state index is 0.0720. The summed E-state index contributed by atoms with van der Waals surface area (Å²) in [4.78, 5) is 14.1. The molecule has 0 atom stereocenters.